The quantitative estimate of drug-likeness (QED) is 0.899. The van der Waals surface area contributed by atoms with E-state index in [0.29, 0.717) is 5.92 Å². The lowest BCUT2D eigenvalue weighted by atomic mass is 10.1. The summed E-state index contributed by atoms with van der Waals surface area (Å²) in [7, 11) is 0. The summed E-state index contributed by atoms with van der Waals surface area (Å²) in [6, 6.07) is 0.278. The zero-order chi connectivity index (χ0) is 13.1. The van der Waals surface area contributed by atoms with E-state index >= 15 is 0 Å². The van der Waals surface area contributed by atoms with Gasteiger partial charge in [-0.15, -0.1) is 10.2 Å². The Bertz CT molecular complexity index is 412. The van der Waals surface area contributed by atoms with Crippen LogP contribution in [0.3, 0.4) is 0 Å². The van der Waals surface area contributed by atoms with E-state index in [-0.39, 0.29) is 6.04 Å². The van der Waals surface area contributed by atoms with Gasteiger partial charge in [0.2, 0.25) is 0 Å². The van der Waals surface area contributed by atoms with Crippen LogP contribution in [0.15, 0.2) is 0 Å². The van der Waals surface area contributed by atoms with Gasteiger partial charge in [0.1, 0.15) is 11.6 Å². The summed E-state index contributed by atoms with van der Waals surface area (Å²) in [5, 5.41) is 12.4. The van der Waals surface area contributed by atoms with Crippen molar-refractivity contribution < 1.29 is 4.74 Å². The Hall–Kier alpha value is -0.940. The number of aromatic nitrogens is 3. The molecule has 1 aromatic heterocycles. The molecule has 1 saturated heterocycles. The van der Waals surface area contributed by atoms with Crippen LogP contribution in [0.5, 0.6) is 0 Å². The van der Waals surface area contributed by atoms with E-state index in [1.165, 1.54) is 31.5 Å². The van der Waals surface area contributed by atoms with Crippen molar-refractivity contribution >= 4 is 0 Å². The van der Waals surface area contributed by atoms with E-state index < -0.39 is 0 Å². The molecule has 0 aromatic carbocycles. The van der Waals surface area contributed by atoms with Gasteiger partial charge in [-0.2, -0.15) is 0 Å². The third kappa shape index (κ3) is 2.98. The minimum Gasteiger partial charge on any atom is -0.381 e. The Kier molecular flexibility index (Phi) is 4.13. The maximum Gasteiger partial charge on any atom is 0.149 e. The first-order valence-electron chi connectivity index (χ1n) is 7.57. The maximum absolute atomic E-state index is 5.41. The van der Waals surface area contributed by atoms with Crippen LogP contribution in [-0.2, 0) is 17.7 Å². The van der Waals surface area contributed by atoms with Crippen molar-refractivity contribution in [3.8, 4) is 0 Å². The van der Waals surface area contributed by atoms with Gasteiger partial charge in [0.25, 0.3) is 0 Å². The van der Waals surface area contributed by atoms with Crippen molar-refractivity contribution in [2.45, 2.75) is 51.6 Å². The minimum atomic E-state index is 0.278. The second-order valence-electron chi connectivity index (χ2n) is 5.80. The second kappa shape index (κ2) is 6.01. The average Bonchev–Trinajstić information content (AvgIpc) is 3.02. The molecule has 5 heteroatoms. The Morgan fingerprint density at radius 1 is 1.37 bits per heavy atom. The van der Waals surface area contributed by atoms with E-state index in [1.54, 1.807) is 0 Å². The zero-order valence-corrected chi connectivity index (χ0v) is 11.8. The van der Waals surface area contributed by atoms with E-state index in [2.05, 4.69) is 27.0 Å². The summed E-state index contributed by atoms with van der Waals surface area (Å²) in [4.78, 5) is 0. The van der Waals surface area contributed by atoms with Gasteiger partial charge in [0, 0.05) is 26.1 Å². The van der Waals surface area contributed by atoms with Crippen molar-refractivity contribution in [2.75, 3.05) is 19.8 Å². The molecule has 106 valence electrons. The van der Waals surface area contributed by atoms with E-state index in [4.69, 9.17) is 4.74 Å². The van der Waals surface area contributed by atoms with Crippen LogP contribution < -0.4 is 5.32 Å². The number of fused-ring (bicyclic) bond motifs is 1. The number of aryl methyl sites for hydroxylation is 1. The molecule has 0 spiro atoms. The third-order valence-corrected chi connectivity index (χ3v) is 4.26. The SMILES string of the molecule is CC(NCC1CCOC1)c1nnc2n1CCCCC2. The summed E-state index contributed by atoms with van der Waals surface area (Å²) in [6.07, 6.45) is 6.07. The molecule has 0 aliphatic carbocycles. The molecule has 3 heterocycles. The number of ether oxygens (including phenoxy) is 1. The fraction of sp³-hybridized carbons (Fsp3) is 0.857. The summed E-state index contributed by atoms with van der Waals surface area (Å²) in [6.45, 7) is 6.11. The molecule has 0 amide bonds. The Morgan fingerprint density at radius 2 is 2.32 bits per heavy atom. The fourth-order valence-electron chi connectivity index (χ4n) is 3.01. The molecule has 19 heavy (non-hydrogen) atoms. The molecular formula is C14H24N4O. The largest absolute Gasteiger partial charge is 0.381 e. The summed E-state index contributed by atoms with van der Waals surface area (Å²) >= 11 is 0. The molecule has 0 saturated carbocycles. The summed E-state index contributed by atoms with van der Waals surface area (Å²) in [5.41, 5.74) is 0. The number of hydrogen-bond acceptors (Lipinski definition) is 4. The molecule has 1 fully saturated rings. The minimum absolute atomic E-state index is 0.278. The number of rotatable bonds is 4. The first-order valence-corrected chi connectivity index (χ1v) is 7.57. The molecule has 2 atom stereocenters. The molecule has 3 rings (SSSR count). The van der Waals surface area contributed by atoms with Crippen LogP contribution in [0.1, 0.15) is 50.3 Å². The Morgan fingerprint density at radius 3 is 3.16 bits per heavy atom. The van der Waals surface area contributed by atoms with E-state index in [9.17, 15) is 0 Å². The van der Waals surface area contributed by atoms with Crippen molar-refractivity contribution in [1.29, 1.82) is 0 Å². The van der Waals surface area contributed by atoms with E-state index in [0.717, 1.165) is 38.5 Å². The summed E-state index contributed by atoms with van der Waals surface area (Å²) in [5.74, 6) is 2.94. The zero-order valence-electron chi connectivity index (χ0n) is 11.8. The van der Waals surface area contributed by atoms with Gasteiger partial charge in [0.05, 0.1) is 12.6 Å². The molecule has 0 radical (unpaired) electrons. The van der Waals surface area contributed by atoms with Crippen molar-refractivity contribution in [1.82, 2.24) is 20.1 Å². The molecule has 5 nitrogen and oxygen atoms in total. The predicted octanol–water partition coefficient (Wildman–Crippen LogP) is 1.69. The molecule has 1 N–H and O–H groups in total. The van der Waals surface area contributed by atoms with Gasteiger partial charge < -0.3 is 14.6 Å². The Labute approximate surface area is 114 Å². The monoisotopic (exact) mass is 264 g/mol. The molecular weight excluding hydrogens is 240 g/mol. The van der Waals surface area contributed by atoms with Crippen LogP contribution in [0.25, 0.3) is 0 Å². The van der Waals surface area contributed by atoms with Gasteiger partial charge in [-0.3, -0.25) is 0 Å². The van der Waals surface area contributed by atoms with Gasteiger partial charge in [0.15, 0.2) is 0 Å². The Balaban J connectivity index is 1.62. The number of nitrogens with one attached hydrogen (secondary N) is 1. The molecule has 1 aromatic rings. The fourth-order valence-corrected chi connectivity index (χ4v) is 3.01. The molecule has 2 aliphatic rings. The maximum atomic E-state index is 5.41. The van der Waals surface area contributed by atoms with Gasteiger partial charge in [-0.25, -0.2) is 0 Å². The highest BCUT2D eigenvalue weighted by Gasteiger charge is 2.21. The standard InChI is InChI=1S/C14H24N4O/c1-11(15-9-12-6-8-19-10-12)14-17-16-13-5-3-2-4-7-18(13)14/h11-12,15H,2-10H2,1H3. The van der Waals surface area contributed by atoms with E-state index in [1.807, 2.05) is 0 Å². The van der Waals surface area contributed by atoms with Crippen LogP contribution in [0, 0.1) is 5.92 Å². The third-order valence-electron chi connectivity index (χ3n) is 4.26. The topological polar surface area (TPSA) is 52.0 Å². The van der Waals surface area contributed by atoms with Crippen molar-refractivity contribution in [3.63, 3.8) is 0 Å². The predicted molar refractivity (Wildman–Crippen MR) is 72.9 cm³/mol. The lowest BCUT2D eigenvalue weighted by Crippen LogP contribution is -2.28. The highest BCUT2D eigenvalue weighted by atomic mass is 16.5. The van der Waals surface area contributed by atoms with Crippen LogP contribution >= 0.6 is 0 Å². The van der Waals surface area contributed by atoms with Crippen molar-refractivity contribution in [2.24, 2.45) is 5.92 Å². The van der Waals surface area contributed by atoms with Crippen molar-refractivity contribution in [3.05, 3.63) is 11.6 Å². The molecule has 2 aliphatic heterocycles. The highest BCUT2D eigenvalue weighted by Crippen LogP contribution is 2.19. The summed E-state index contributed by atoms with van der Waals surface area (Å²) < 4.78 is 7.74. The van der Waals surface area contributed by atoms with Crippen LogP contribution in [0.2, 0.25) is 0 Å². The number of hydrogen-bond donors (Lipinski definition) is 1. The normalized spacial score (nSPS) is 25.0. The average molecular weight is 264 g/mol. The first-order chi connectivity index (χ1) is 9.34. The van der Waals surface area contributed by atoms with Crippen LogP contribution in [-0.4, -0.2) is 34.5 Å². The lowest BCUT2D eigenvalue weighted by Gasteiger charge is -2.17. The van der Waals surface area contributed by atoms with Crippen LogP contribution in [0.4, 0.5) is 0 Å². The molecule has 0 bridgehead atoms. The first kappa shape index (κ1) is 13.1. The molecule has 2 unspecified atom stereocenters. The second-order valence-corrected chi connectivity index (χ2v) is 5.80. The van der Waals surface area contributed by atoms with Gasteiger partial charge in [-0.1, -0.05) is 6.42 Å². The number of nitrogens with zero attached hydrogens (tertiary/aromatic N) is 3. The lowest BCUT2D eigenvalue weighted by molar-refractivity contribution is 0.184. The highest BCUT2D eigenvalue weighted by molar-refractivity contribution is 5.02. The van der Waals surface area contributed by atoms with Gasteiger partial charge >= 0.3 is 0 Å². The van der Waals surface area contributed by atoms with Gasteiger partial charge in [-0.05, 0) is 32.1 Å². The smallest absolute Gasteiger partial charge is 0.149 e.